The van der Waals surface area contributed by atoms with Crippen LogP contribution < -0.4 is 4.74 Å². The molecule has 82 valence electrons. The van der Waals surface area contributed by atoms with Crippen LogP contribution in [0.1, 0.15) is 0 Å². The summed E-state index contributed by atoms with van der Waals surface area (Å²) >= 11 is 11.6. The molecule has 0 aromatic carbocycles. The summed E-state index contributed by atoms with van der Waals surface area (Å²) in [6.45, 7) is 0. The number of hydrogen-bond acceptors (Lipinski definition) is 4. The van der Waals surface area contributed by atoms with Crippen molar-refractivity contribution in [3.05, 3.63) is 34.6 Å². The van der Waals surface area contributed by atoms with E-state index in [1.54, 1.807) is 18.2 Å². The molecule has 0 unspecified atom stereocenters. The first kappa shape index (κ1) is 11.1. The van der Waals surface area contributed by atoms with Crippen LogP contribution in [0.15, 0.2) is 24.3 Å². The van der Waals surface area contributed by atoms with Crippen LogP contribution in [0.5, 0.6) is 5.88 Å². The van der Waals surface area contributed by atoms with Crippen molar-refractivity contribution in [2.24, 2.45) is 0 Å². The number of aromatic nitrogens is 3. The Hall–Kier alpha value is -1.39. The molecule has 0 amide bonds. The maximum absolute atomic E-state index is 5.78. The fraction of sp³-hybridized carbons (Fsp3) is 0.100. The van der Waals surface area contributed by atoms with Gasteiger partial charge in [-0.05, 0) is 6.07 Å². The fourth-order valence-corrected chi connectivity index (χ4v) is 1.58. The van der Waals surface area contributed by atoms with Crippen molar-refractivity contribution in [1.29, 1.82) is 0 Å². The highest BCUT2D eigenvalue weighted by Crippen LogP contribution is 2.20. The van der Waals surface area contributed by atoms with Gasteiger partial charge >= 0.3 is 0 Å². The molecule has 0 saturated heterocycles. The molecule has 0 saturated carbocycles. The Morgan fingerprint density at radius 1 is 1.06 bits per heavy atom. The van der Waals surface area contributed by atoms with Gasteiger partial charge in [0.1, 0.15) is 16.0 Å². The summed E-state index contributed by atoms with van der Waals surface area (Å²) in [5, 5.41) is 0.555. The van der Waals surface area contributed by atoms with Crippen LogP contribution in [0.4, 0.5) is 0 Å². The molecule has 0 spiro atoms. The second-order valence-electron chi connectivity index (χ2n) is 2.90. The van der Waals surface area contributed by atoms with E-state index in [1.165, 1.54) is 13.2 Å². The Morgan fingerprint density at radius 2 is 1.75 bits per heavy atom. The number of nitrogens with zero attached hydrogens (tertiary/aromatic N) is 3. The van der Waals surface area contributed by atoms with Crippen LogP contribution in [-0.2, 0) is 0 Å². The van der Waals surface area contributed by atoms with E-state index in [1.807, 2.05) is 0 Å². The Bertz CT molecular complexity index is 499. The monoisotopic (exact) mass is 255 g/mol. The van der Waals surface area contributed by atoms with E-state index >= 15 is 0 Å². The molecule has 0 bridgehead atoms. The molecule has 16 heavy (non-hydrogen) atoms. The molecule has 0 fully saturated rings. The first-order valence-electron chi connectivity index (χ1n) is 4.40. The third-order valence-corrected chi connectivity index (χ3v) is 2.21. The van der Waals surface area contributed by atoms with E-state index in [0.717, 1.165) is 0 Å². The van der Waals surface area contributed by atoms with Gasteiger partial charge in [0, 0.05) is 12.1 Å². The summed E-state index contributed by atoms with van der Waals surface area (Å²) in [7, 11) is 1.54. The van der Waals surface area contributed by atoms with Crippen molar-refractivity contribution in [1.82, 2.24) is 15.0 Å². The lowest BCUT2D eigenvalue weighted by Crippen LogP contribution is -1.94. The number of hydrogen-bond donors (Lipinski definition) is 0. The molecule has 4 nitrogen and oxygen atoms in total. The van der Waals surface area contributed by atoms with Gasteiger partial charge in [0.25, 0.3) is 0 Å². The van der Waals surface area contributed by atoms with Crippen molar-refractivity contribution in [3.63, 3.8) is 0 Å². The largest absolute Gasteiger partial charge is 0.481 e. The normalized spacial score (nSPS) is 10.2. The Morgan fingerprint density at radius 3 is 2.38 bits per heavy atom. The maximum atomic E-state index is 5.78. The van der Waals surface area contributed by atoms with Crippen molar-refractivity contribution >= 4 is 23.2 Å². The van der Waals surface area contributed by atoms with Crippen LogP contribution in [0.2, 0.25) is 10.3 Å². The second kappa shape index (κ2) is 4.63. The van der Waals surface area contributed by atoms with E-state index in [2.05, 4.69) is 15.0 Å². The van der Waals surface area contributed by atoms with Crippen LogP contribution in [-0.4, -0.2) is 22.1 Å². The number of halogens is 2. The molecule has 6 heteroatoms. The summed E-state index contributed by atoms with van der Waals surface area (Å²) in [6.07, 6.45) is 0. The zero-order valence-corrected chi connectivity index (χ0v) is 9.83. The van der Waals surface area contributed by atoms with Gasteiger partial charge in [-0.3, -0.25) is 0 Å². The number of methoxy groups -OCH3 is 1. The van der Waals surface area contributed by atoms with Crippen molar-refractivity contribution in [3.8, 4) is 17.4 Å². The highest BCUT2D eigenvalue weighted by Gasteiger charge is 2.07. The minimum absolute atomic E-state index is 0.277. The van der Waals surface area contributed by atoms with Gasteiger partial charge in [0.05, 0.1) is 7.11 Å². The fourth-order valence-electron chi connectivity index (χ4n) is 1.16. The summed E-state index contributed by atoms with van der Waals surface area (Å²) < 4.78 is 5.00. The predicted octanol–water partition coefficient (Wildman–Crippen LogP) is 2.85. The molecule has 2 aromatic heterocycles. The lowest BCUT2D eigenvalue weighted by Gasteiger charge is -2.02. The molecule has 2 rings (SSSR count). The summed E-state index contributed by atoms with van der Waals surface area (Å²) in [5.41, 5.74) is 0.559. The summed E-state index contributed by atoms with van der Waals surface area (Å²) in [6, 6.07) is 6.74. The van der Waals surface area contributed by atoms with E-state index in [0.29, 0.717) is 17.4 Å². The molecule has 2 heterocycles. The van der Waals surface area contributed by atoms with Gasteiger partial charge in [-0.15, -0.1) is 0 Å². The molecule has 0 atom stereocenters. The second-order valence-corrected chi connectivity index (χ2v) is 3.68. The average Bonchev–Trinajstić information content (AvgIpc) is 2.28. The van der Waals surface area contributed by atoms with Gasteiger partial charge in [-0.25, -0.2) is 15.0 Å². The Labute approximate surface area is 102 Å². The maximum Gasteiger partial charge on any atom is 0.213 e. The van der Waals surface area contributed by atoms with Crippen molar-refractivity contribution in [2.75, 3.05) is 7.11 Å². The first-order chi connectivity index (χ1) is 7.69. The first-order valence-corrected chi connectivity index (χ1v) is 5.16. The van der Waals surface area contributed by atoms with Crippen LogP contribution in [0, 0.1) is 0 Å². The van der Waals surface area contributed by atoms with E-state index in [4.69, 9.17) is 27.9 Å². The highest BCUT2D eigenvalue weighted by atomic mass is 35.5. The van der Waals surface area contributed by atoms with E-state index in [-0.39, 0.29) is 10.3 Å². The van der Waals surface area contributed by atoms with E-state index in [9.17, 15) is 0 Å². The summed E-state index contributed by atoms with van der Waals surface area (Å²) in [5.74, 6) is 0.855. The van der Waals surface area contributed by atoms with Gasteiger partial charge in [-0.1, -0.05) is 29.3 Å². The predicted molar refractivity (Wildman–Crippen MR) is 61.8 cm³/mol. The van der Waals surface area contributed by atoms with Gasteiger partial charge in [-0.2, -0.15) is 0 Å². The number of pyridine rings is 1. The lowest BCUT2D eigenvalue weighted by atomic mass is 10.3. The third kappa shape index (κ3) is 2.40. The molecule has 0 aliphatic rings. The SMILES string of the molecule is COc1cccc(-c2nc(Cl)cc(Cl)n2)n1. The zero-order chi connectivity index (χ0) is 11.5. The topological polar surface area (TPSA) is 47.9 Å². The van der Waals surface area contributed by atoms with Crippen molar-refractivity contribution < 1.29 is 4.74 Å². The highest BCUT2D eigenvalue weighted by molar-refractivity contribution is 6.33. The zero-order valence-electron chi connectivity index (χ0n) is 8.32. The van der Waals surface area contributed by atoms with Crippen LogP contribution in [0.3, 0.4) is 0 Å². The van der Waals surface area contributed by atoms with Crippen molar-refractivity contribution in [2.45, 2.75) is 0 Å². The molecule has 0 N–H and O–H groups in total. The molecular weight excluding hydrogens is 249 g/mol. The van der Waals surface area contributed by atoms with E-state index < -0.39 is 0 Å². The van der Waals surface area contributed by atoms with Gasteiger partial charge in [0.15, 0.2) is 5.82 Å². The number of ether oxygens (including phenoxy) is 1. The molecule has 2 aromatic rings. The lowest BCUT2D eigenvalue weighted by molar-refractivity contribution is 0.398. The Balaban J connectivity index is 2.49. The van der Waals surface area contributed by atoms with Crippen LogP contribution >= 0.6 is 23.2 Å². The van der Waals surface area contributed by atoms with Gasteiger partial charge in [0.2, 0.25) is 5.88 Å². The third-order valence-electron chi connectivity index (χ3n) is 1.83. The van der Waals surface area contributed by atoms with Crippen LogP contribution in [0.25, 0.3) is 11.5 Å². The molecule has 0 aliphatic carbocycles. The quantitative estimate of drug-likeness (QED) is 0.775. The summed E-state index contributed by atoms with van der Waals surface area (Å²) in [4.78, 5) is 12.2. The van der Waals surface area contributed by atoms with Gasteiger partial charge < -0.3 is 4.74 Å². The molecule has 0 radical (unpaired) electrons. The smallest absolute Gasteiger partial charge is 0.213 e. The minimum Gasteiger partial charge on any atom is -0.481 e. The molecular formula is C10H7Cl2N3O. The standard InChI is InChI=1S/C10H7Cl2N3O/c1-16-9-4-2-3-6(13-9)10-14-7(11)5-8(12)15-10/h2-5H,1H3. The average molecular weight is 256 g/mol. The minimum atomic E-state index is 0.277. The molecule has 0 aliphatic heterocycles. The number of rotatable bonds is 2. The Kier molecular flexibility index (Phi) is 3.22.